The van der Waals surface area contributed by atoms with Crippen molar-refractivity contribution < 1.29 is 113 Å². The average Bonchev–Trinajstić information content (AvgIpc) is 0.771. The second kappa shape index (κ2) is 43.7. The number of hydrogen-bond donors (Lipinski definition) is 10. The van der Waals surface area contributed by atoms with Gasteiger partial charge in [-0.05, 0) is 128 Å². The summed E-state index contributed by atoms with van der Waals surface area (Å²) in [6.07, 6.45) is 0. The maximum absolute atomic E-state index is 13.0. The van der Waals surface area contributed by atoms with Crippen molar-refractivity contribution in [2.24, 2.45) is 0 Å². The standard InChI is InChI=1S/C19H18ClNO5.C18H14ClNO5.C17H14ClNO5.C16H13ClN2O4.2C16H12ClNO5/c1-9(2)11-6-14-12(7-15(11)22)18(25)10-4-5-13(20)19(26-3)17(10)21(14)8-16(23)24;1-10(21)9-25-18-13(19)7-6-12-16(18)20(8-15(22)23)14-5-3-2-4-11(14)17(12)24;1-23-12-7-10(18)17(24-2)15-14(12)16(22)9-5-3-4-6-11(9)19(15)8-13(20)21;1-23-16-13(17)10(18)6-9-14(16)19(7-12(20)21)11-5-3-2-4-8(11)15(9)22;1-23-16-9(17)6-11(19)13-14(16)18(7-12(20)21)10-5-3-2-4-8(10)15(13)22;1-23-16-13(17)11(19)6-9-14(16)18(7-12(20)21)10-5-3-2-4-8(10)15(9)22/h4-7,9,22H,8H2,1-3H3,(H,23,24);2-7H,8-9H2,1H3,(H,22,23);3-7H,8H2,1-2H3,(H,20,21);2-6H,7,18H2,1H3,(H,20,21);2*2-6,19H,7H2,1H3,(H,20,21). The Hall–Kier alpha value is -16.5. The number of ketones is 1. The highest BCUT2D eigenvalue weighted by atomic mass is 35.5. The lowest BCUT2D eigenvalue weighted by Gasteiger charge is -2.18. The van der Waals surface area contributed by atoms with Crippen LogP contribution in [0.3, 0.4) is 0 Å². The van der Waals surface area contributed by atoms with E-state index in [2.05, 4.69) is 0 Å². The molecule has 0 spiro atoms. The van der Waals surface area contributed by atoms with Gasteiger partial charge in [0.25, 0.3) is 0 Å². The van der Waals surface area contributed by atoms with Crippen LogP contribution in [0.25, 0.3) is 131 Å². The van der Waals surface area contributed by atoms with Gasteiger partial charge in [0, 0.05) is 39.1 Å². The van der Waals surface area contributed by atoms with Gasteiger partial charge in [0.1, 0.15) is 90.0 Å². The SMILES string of the molecule is CC(=O)COc1c(Cl)ccc2c(=O)c3ccccc3n(CC(=O)O)c12.COc1c(Cl)c(N)cc2c(=O)c3ccccc3n(CC(=O)O)c12.COc1c(Cl)c(O)cc2c(=O)c3ccccc3n(CC(=O)O)c12.COc1c(Cl)cc(O)c2c(=O)c3ccccc3n(CC(=O)O)c12.COc1c(Cl)ccc2c(=O)c3cc(O)c(C(C)C)cc3n(CC(=O)O)c12.COc1cc(Cl)c(OC)c2c1c(=O)c1ccccc1n2CC(=O)O. The number of carbonyl (C=O) groups is 7. The minimum Gasteiger partial charge on any atom is -0.508 e. The number of nitrogen functional groups attached to an aromatic ring is 1. The number of methoxy groups -OCH3 is 6. The molecule has 0 fully saturated rings. The predicted molar refractivity (Wildman–Crippen MR) is 549 cm³/mol. The Morgan fingerprint density at radius 2 is 0.611 bits per heavy atom. The van der Waals surface area contributed by atoms with Crippen LogP contribution >= 0.6 is 69.6 Å². The molecule has 6 aromatic heterocycles. The summed E-state index contributed by atoms with van der Waals surface area (Å²) in [7, 11) is 8.35. The molecule has 144 heavy (non-hydrogen) atoms. The minimum absolute atomic E-state index is 0.00625. The number of phenols is 3. The zero-order valence-corrected chi connectivity index (χ0v) is 81.6. The Labute approximate surface area is 839 Å². The lowest BCUT2D eigenvalue weighted by molar-refractivity contribution is -0.138. The van der Waals surface area contributed by atoms with Crippen LogP contribution in [0.15, 0.2) is 211 Å². The maximum Gasteiger partial charge on any atom is 0.323 e. The largest absolute Gasteiger partial charge is 0.508 e. The summed E-state index contributed by atoms with van der Waals surface area (Å²) in [6, 6.07) is 48.1. The topological polar surface area (TPSA) is 524 Å². The highest BCUT2D eigenvalue weighted by Crippen LogP contribution is 2.46. The van der Waals surface area contributed by atoms with Crippen molar-refractivity contribution in [2.45, 2.75) is 66.0 Å². The summed E-state index contributed by atoms with van der Waals surface area (Å²) in [5.41, 5.74) is 9.14. The summed E-state index contributed by atoms with van der Waals surface area (Å²) in [6.45, 7) is 2.69. The molecule has 742 valence electrons. The van der Waals surface area contributed by atoms with Gasteiger partial charge in [0.15, 0.2) is 62.0 Å². The quantitative estimate of drug-likeness (QED) is 0.0222. The molecule has 11 N–H and O–H groups in total. The molecule has 18 aromatic rings. The number of pyridine rings is 6. The van der Waals surface area contributed by atoms with Crippen LogP contribution in [-0.4, -0.2) is 164 Å². The van der Waals surface area contributed by atoms with Crippen LogP contribution in [0, 0.1) is 0 Å². The molecule has 0 radical (unpaired) electrons. The number of carboxylic acid groups (broad SMARTS) is 6. The molecule has 0 atom stereocenters. The van der Waals surface area contributed by atoms with E-state index in [0.29, 0.717) is 82.1 Å². The summed E-state index contributed by atoms with van der Waals surface area (Å²) in [4.78, 5) is 156. The first-order valence-corrected chi connectivity index (χ1v) is 44.9. The van der Waals surface area contributed by atoms with E-state index in [9.17, 15) is 108 Å². The van der Waals surface area contributed by atoms with Gasteiger partial charge in [-0.3, -0.25) is 62.3 Å². The number of aliphatic carboxylic acids is 6. The van der Waals surface area contributed by atoms with Gasteiger partial charge in [-0.15, -0.1) is 0 Å². The number of ether oxygens (including phenoxy) is 7. The molecule has 0 aliphatic rings. The Morgan fingerprint density at radius 3 is 0.993 bits per heavy atom. The number of carbonyl (C=O) groups excluding carboxylic acids is 1. The molecule has 42 heteroatoms. The van der Waals surface area contributed by atoms with Gasteiger partial charge in [-0.25, -0.2) is 0 Å². The summed E-state index contributed by atoms with van der Waals surface area (Å²) >= 11 is 36.9. The first-order valence-electron chi connectivity index (χ1n) is 42.7. The number of carboxylic acids is 6. The minimum atomic E-state index is -1.10. The second-order valence-corrected chi connectivity index (χ2v) is 34.4. The van der Waals surface area contributed by atoms with Crippen LogP contribution in [0.4, 0.5) is 5.69 Å². The molecule has 36 nitrogen and oxygen atoms in total. The molecule has 0 bridgehead atoms. The van der Waals surface area contributed by atoms with Crippen LogP contribution in [0.1, 0.15) is 32.3 Å². The first kappa shape index (κ1) is 105. The molecule has 18 rings (SSSR count). The van der Waals surface area contributed by atoms with E-state index < -0.39 is 47.8 Å². The zero-order valence-electron chi connectivity index (χ0n) is 77.1. The number of para-hydroxylation sites is 5. The van der Waals surface area contributed by atoms with Crippen LogP contribution in [-0.2, 0) is 72.8 Å². The van der Waals surface area contributed by atoms with E-state index >= 15 is 0 Å². The number of aromatic nitrogens is 6. The Morgan fingerprint density at radius 1 is 0.306 bits per heavy atom. The first-order chi connectivity index (χ1) is 68.5. The van der Waals surface area contributed by atoms with E-state index in [1.165, 1.54) is 132 Å². The molecule has 6 heterocycles. The third-order valence-corrected chi connectivity index (χ3v) is 24.8. The number of rotatable bonds is 22. The second-order valence-electron chi connectivity index (χ2n) is 32.1. The molecular weight excluding hydrogens is 2000 g/mol. The van der Waals surface area contributed by atoms with Crippen molar-refractivity contribution in [3.05, 3.63) is 279 Å². The number of fused-ring (bicyclic) bond motifs is 12. The van der Waals surface area contributed by atoms with Gasteiger partial charge >= 0.3 is 35.8 Å². The molecular formula is C102H83Cl6N7O29. The number of nitrogens with zero attached hydrogens (tertiary/aromatic N) is 6. The van der Waals surface area contributed by atoms with Gasteiger partial charge < -0.3 is 112 Å². The van der Waals surface area contributed by atoms with E-state index in [4.69, 9.17) is 108 Å². The number of aromatic hydroxyl groups is 3. The molecule has 0 unspecified atom stereocenters. The average molecular weight is 2080 g/mol. The number of benzene rings is 12. The Kier molecular flexibility index (Phi) is 31.8. The maximum atomic E-state index is 13.0. The van der Waals surface area contributed by atoms with Crippen molar-refractivity contribution in [3.63, 3.8) is 0 Å². The smallest absolute Gasteiger partial charge is 0.323 e. The van der Waals surface area contributed by atoms with Crippen molar-refractivity contribution >= 4 is 248 Å². The van der Waals surface area contributed by atoms with Crippen LogP contribution < -0.4 is 71.5 Å². The predicted octanol–water partition coefficient (Wildman–Crippen LogP) is 17.2. The number of Topliss-reactive ketones (excluding diaryl/α,β-unsaturated/α-hetero) is 1. The van der Waals surface area contributed by atoms with E-state index in [1.807, 2.05) is 13.8 Å². The normalized spacial score (nSPS) is 11.1. The summed E-state index contributed by atoms with van der Waals surface area (Å²) in [5.74, 6) is -6.01. The molecule has 12 aromatic carbocycles. The molecule has 0 amide bonds. The van der Waals surface area contributed by atoms with Gasteiger partial charge in [-0.1, -0.05) is 144 Å². The van der Waals surface area contributed by atoms with E-state index in [1.54, 1.807) is 127 Å². The molecule has 0 saturated carbocycles. The number of anilines is 1. The Bertz CT molecular complexity index is 8680. The van der Waals surface area contributed by atoms with Gasteiger partial charge in [0.2, 0.25) is 10.9 Å². The van der Waals surface area contributed by atoms with Crippen molar-refractivity contribution in [2.75, 3.05) is 55.0 Å². The van der Waals surface area contributed by atoms with Crippen LogP contribution in [0.5, 0.6) is 57.5 Å². The molecule has 0 aliphatic heterocycles. The Balaban J connectivity index is 0.000000145. The lowest BCUT2D eigenvalue weighted by atomic mass is 9.98. The third kappa shape index (κ3) is 20.3. The van der Waals surface area contributed by atoms with E-state index in [0.717, 1.165) is 0 Å². The van der Waals surface area contributed by atoms with Crippen molar-refractivity contribution in [3.8, 4) is 57.5 Å². The van der Waals surface area contributed by atoms with Crippen molar-refractivity contribution in [1.29, 1.82) is 0 Å². The number of hydrogen-bond acceptors (Lipinski definition) is 24. The number of nitrogens with two attached hydrogens (primary N) is 1. The summed E-state index contributed by atoms with van der Waals surface area (Å²) < 4.78 is 46.1. The van der Waals surface area contributed by atoms with Crippen LogP contribution in [0.2, 0.25) is 30.1 Å². The number of phenolic OH excluding ortho intramolecular Hbond substituents is 3. The molecule has 0 saturated heterocycles. The third-order valence-electron chi connectivity index (χ3n) is 22.9. The van der Waals surface area contributed by atoms with Gasteiger partial charge in [-0.2, -0.15) is 0 Å². The highest BCUT2D eigenvalue weighted by molar-refractivity contribution is 6.37. The monoisotopic (exact) mass is 2080 g/mol. The highest BCUT2D eigenvalue weighted by Gasteiger charge is 2.30. The number of halogens is 6. The zero-order chi connectivity index (χ0) is 105. The van der Waals surface area contributed by atoms with Crippen molar-refractivity contribution in [1.82, 2.24) is 27.4 Å². The fraction of sp³-hybridized carbons (Fsp3) is 0.167. The molecule has 0 aliphatic carbocycles. The fourth-order valence-corrected chi connectivity index (χ4v) is 18.5. The van der Waals surface area contributed by atoms with E-state index in [-0.39, 0.29) is 226 Å². The summed E-state index contributed by atoms with van der Waals surface area (Å²) in [5, 5.41) is 90.2. The van der Waals surface area contributed by atoms with Gasteiger partial charge in [0.05, 0.1) is 161 Å². The fourth-order valence-electron chi connectivity index (χ4n) is 17.1. The lowest BCUT2D eigenvalue weighted by Crippen LogP contribution is -2.17.